The van der Waals surface area contributed by atoms with Crippen LogP contribution in [-0.2, 0) is 6.42 Å². The van der Waals surface area contributed by atoms with Crippen LogP contribution in [0, 0.1) is 56.3 Å². The molecule has 0 spiro atoms. The van der Waals surface area contributed by atoms with Gasteiger partial charge in [-0.3, -0.25) is 0 Å². The summed E-state index contributed by atoms with van der Waals surface area (Å²) in [4.78, 5) is 0. The van der Waals surface area contributed by atoms with E-state index in [4.69, 9.17) is 0 Å². The van der Waals surface area contributed by atoms with Gasteiger partial charge in [0.2, 0.25) is 0 Å². The van der Waals surface area contributed by atoms with Gasteiger partial charge in [0.05, 0.1) is 0 Å². The van der Waals surface area contributed by atoms with Gasteiger partial charge in [0.15, 0.2) is 0 Å². The van der Waals surface area contributed by atoms with Crippen LogP contribution in [0.4, 0.5) is 0 Å². The first kappa shape index (κ1) is 31.3. The lowest BCUT2D eigenvalue weighted by Gasteiger charge is -2.36. The van der Waals surface area contributed by atoms with Gasteiger partial charge in [-0.05, 0) is 111 Å². The molecule has 0 N–H and O–H groups in total. The second kappa shape index (κ2) is 14.7. The van der Waals surface area contributed by atoms with Gasteiger partial charge in [0, 0.05) is 0 Å². The molecule has 3 fully saturated rings. The Morgan fingerprint density at radius 1 is 0.529 bits per heavy atom. The molecule has 0 aliphatic heterocycles. The maximum absolute atomic E-state index is 2.46. The molecule has 3 saturated carbocycles. The first-order chi connectivity index (χ1) is 15.0. The van der Waals surface area contributed by atoms with Crippen molar-refractivity contribution in [2.45, 2.75) is 146 Å². The largest absolute Gasteiger partial charge is 0.0776 e. The molecule has 0 atom stereocenters. The SMILES string of the molecule is C.C.C.Cc1cc(CC2CCC(CC3CCC(CC4CCC(C)CC4)CC3)CC2)cc(C)c1C. The predicted molar refractivity (Wildman–Crippen MR) is 156 cm³/mol. The molecule has 0 unspecified atom stereocenters. The van der Waals surface area contributed by atoms with E-state index in [1.807, 2.05) is 0 Å². The fraction of sp³-hybridized carbons (Fsp3) is 0.824. The van der Waals surface area contributed by atoms with Crippen molar-refractivity contribution in [3.63, 3.8) is 0 Å². The molecule has 0 bridgehead atoms. The van der Waals surface area contributed by atoms with Gasteiger partial charge >= 0.3 is 0 Å². The minimum Gasteiger partial charge on any atom is -0.0776 e. The lowest BCUT2D eigenvalue weighted by atomic mass is 9.70. The molecular formula is C34H62. The van der Waals surface area contributed by atoms with Gasteiger partial charge in [-0.1, -0.05) is 106 Å². The number of benzene rings is 1. The molecule has 0 aromatic heterocycles. The number of hydrogen-bond acceptors (Lipinski definition) is 0. The molecule has 0 heterocycles. The van der Waals surface area contributed by atoms with Gasteiger partial charge in [0.25, 0.3) is 0 Å². The van der Waals surface area contributed by atoms with E-state index in [1.54, 1.807) is 44.1 Å². The van der Waals surface area contributed by atoms with Crippen molar-refractivity contribution in [1.82, 2.24) is 0 Å². The Morgan fingerprint density at radius 2 is 0.853 bits per heavy atom. The van der Waals surface area contributed by atoms with Crippen LogP contribution in [0.1, 0.15) is 141 Å². The summed E-state index contributed by atoms with van der Waals surface area (Å²) >= 11 is 0. The van der Waals surface area contributed by atoms with E-state index in [0.29, 0.717) is 0 Å². The van der Waals surface area contributed by atoms with Gasteiger partial charge in [-0.25, -0.2) is 0 Å². The highest BCUT2D eigenvalue weighted by Gasteiger charge is 2.29. The highest BCUT2D eigenvalue weighted by Crippen LogP contribution is 2.42. The first-order valence-electron chi connectivity index (χ1n) is 14.0. The Hall–Kier alpha value is -0.780. The van der Waals surface area contributed by atoms with E-state index in [1.165, 1.54) is 74.5 Å². The van der Waals surface area contributed by atoms with Gasteiger partial charge in [0.1, 0.15) is 0 Å². The Bertz CT molecular complexity index is 653. The van der Waals surface area contributed by atoms with Crippen molar-refractivity contribution in [2.75, 3.05) is 0 Å². The van der Waals surface area contributed by atoms with Crippen LogP contribution in [0.5, 0.6) is 0 Å². The molecule has 0 nitrogen and oxygen atoms in total. The molecule has 3 aliphatic rings. The van der Waals surface area contributed by atoms with Crippen LogP contribution >= 0.6 is 0 Å². The molecule has 1 aromatic carbocycles. The minimum absolute atomic E-state index is 0. The zero-order chi connectivity index (χ0) is 21.8. The summed E-state index contributed by atoms with van der Waals surface area (Å²) in [6, 6.07) is 4.92. The summed E-state index contributed by atoms with van der Waals surface area (Å²) < 4.78 is 0. The Kier molecular flexibility index (Phi) is 13.5. The van der Waals surface area contributed by atoms with Crippen molar-refractivity contribution in [1.29, 1.82) is 0 Å². The second-order valence-corrected chi connectivity index (χ2v) is 12.4. The molecule has 0 saturated heterocycles. The van der Waals surface area contributed by atoms with Crippen molar-refractivity contribution in [2.24, 2.45) is 35.5 Å². The highest BCUT2D eigenvalue weighted by atomic mass is 14.3. The third kappa shape index (κ3) is 8.71. The number of hydrogen-bond donors (Lipinski definition) is 0. The van der Waals surface area contributed by atoms with Crippen molar-refractivity contribution < 1.29 is 0 Å². The summed E-state index contributed by atoms with van der Waals surface area (Å²) in [6.45, 7) is 9.29. The van der Waals surface area contributed by atoms with E-state index in [2.05, 4.69) is 39.8 Å². The average molecular weight is 471 g/mol. The molecule has 198 valence electrons. The summed E-state index contributed by atoms with van der Waals surface area (Å²) in [7, 11) is 0. The first-order valence-corrected chi connectivity index (χ1v) is 14.0. The molecule has 0 heteroatoms. The summed E-state index contributed by atoms with van der Waals surface area (Å²) in [5.41, 5.74) is 6.04. The van der Waals surface area contributed by atoms with E-state index in [9.17, 15) is 0 Å². The fourth-order valence-electron chi connectivity index (χ4n) is 7.46. The predicted octanol–water partition coefficient (Wildman–Crippen LogP) is 11.3. The fourth-order valence-corrected chi connectivity index (χ4v) is 7.46. The van der Waals surface area contributed by atoms with Crippen LogP contribution in [0.25, 0.3) is 0 Å². The third-order valence-electron chi connectivity index (χ3n) is 9.91. The summed E-state index contributed by atoms with van der Waals surface area (Å²) in [5.74, 6) is 6.20. The Labute approximate surface area is 216 Å². The summed E-state index contributed by atoms with van der Waals surface area (Å²) in [6.07, 6.45) is 22.7. The van der Waals surface area contributed by atoms with E-state index >= 15 is 0 Å². The maximum atomic E-state index is 2.46. The van der Waals surface area contributed by atoms with Crippen molar-refractivity contribution in [3.8, 4) is 0 Å². The molecule has 0 amide bonds. The zero-order valence-corrected chi connectivity index (χ0v) is 21.2. The zero-order valence-electron chi connectivity index (χ0n) is 21.2. The average Bonchev–Trinajstić information content (AvgIpc) is 2.76. The Morgan fingerprint density at radius 3 is 1.24 bits per heavy atom. The van der Waals surface area contributed by atoms with Crippen LogP contribution in [0.2, 0.25) is 0 Å². The van der Waals surface area contributed by atoms with Gasteiger partial charge in [-0.15, -0.1) is 0 Å². The monoisotopic (exact) mass is 470 g/mol. The van der Waals surface area contributed by atoms with Crippen molar-refractivity contribution >= 4 is 0 Å². The number of rotatable bonds is 6. The molecule has 0 radical (unpaired) electrons. The Balaban J connectivity index is 0.00000193. The number of aryl methyl sites for hydroxylation is 2. The van der Waals surface area contributed by atoms with Crippen LogP contribution in [0.3, 0.4) is 0 Å². The minimum atomic E-state index is 0. The van der Waals surface area contributed by atoms with Gasteiger partial charge < -0.3 is 0 Å². The van der Waals surface area contributed by atoms with Crippen LogP contribution in [-0.4, -0.2) is 0 Å². The third-order valence-corrected chi connectivity index (χ3v) is 9.91. The van der Waals surface area contributed by atoms with E-state index in [0.717, 1.165) is 35.5 Å². The second-order valence-electron chi connectivity index (χ2n) is 12.4. The molecular weight excluding hydrogens is 408 g/mol. The van der Waals surface area contributed by atoms with Crippen LogP contribution in [0.15, 0.2) is 12.1 Å². The van der Waals surface area contributed by atoms with E-state index < -0.39 is 0 Å². The smallest absolute Gasteiger partial charge is 0.0250 e. The van der Waals surface area contributed by atoms with Crippen molar-refractivity contribution in [3.05, 3.63) is 34.4 Å². The topological polar surface area (TPSA) is 0 Å². The lowest BCUT2D eigenvalue weighted by Crippen LogP contribution is -2.23. The standard InChI is InChI=1S/C31H50.3CH4/c1-22-5-7-26(8-6-22)19-27-9-11-28(12-10-27)20-29-13-15-30(16-14-29)21-31-17-23(2)25(4)24(3)18-31;;;/h17-18,22,26-30H,5-16,19-21H2,1-4H3;3*1H4. The molecule has 3 aliphatic carbocycles. The van der Waals surface area contributed by atoms with Gasteiger partial charge in [-0.2, -0.15) is 0 Å². The maximum Gasteiger partial charge on any atom is -0.0250 e. The summed E-state index contributed by atoms with van der Waals surface area (Å²) in [5, 5.41) is 0. The highest BCUT2D eigenvalue weighted by molar-refractivity contribution is 5.37. The molecule has 4 rings (SSSR count). The molecule has 34 heavy (non-hydrogen) atoms. The normalized spacial score (nSPS) is 31.5. The molecule has 1 aromatic rings. The van der Waals surface area contributed by atoms with Crippen LogP contribution < -0.4 is 0 Å². The lowest BCUT2D eigenvalue weighted by molar-refractivity contribution is 0.166. The van der Waals surface area contributed by atoms with E-state index in [-0.39, 0.29) is 22.3 Å². The quantitative estimate of drug-likeness (QED) is 0.387.